The molecule has 0 saturated carbocycles. The monoisotopic (exact) mass is 214 g/mol. The lowest BCUT2D eigenvalue weighted by Gasteiger charge is -2.00. The molecule has 80 valence electrons. The first-order chi connectivity index (χ1) is 7.79. The average Bonchev–Trinajstić information content (AvgIpc) is 2.65. The van der Waals surface area contributed by atoms with Crippen LogP contribution in [0.5, 0.6) is 5.88 Å². The van der Waals surface area contributed by atoms with Crippen LogP contribution in [0, 0.1) is 0 Å². The number of nitrogens with one attached hydrogen (secondary N) is 2. The molecule has 0 spiro atoms. The average molecular weight is 214 g/mol. The Balaban J connectivity index is 2.54. The maximum absolute atomic E-state index is 11.3. The number of hydrogen-bond acceptors (Lipinski definition) is 2. The highest BCUT2D eigenvalue weighted by molar-refractivity contribution is 6.08. The van der Waals surface area contributed by atoms with E-state index < -0.39 is 0 Å². The molecule has 0 aliphatic carbocycles. The fourth-order valence-electron chi connectivity index (χ4n) is 1.98. The van der Waals surface area contributed by atoms with E-state index in [4.69, 9.17) is 4.74 Å². The van der Waals surface area contributed by atoms with Gasteiger partial charge in [-0.1, -0.05) is 0 Å². The van der Waals surface area contributed by atoms with Crippen LogP contribution in [0.15, 0.2) is 35.3 Å². The number of aromatic amines is 2. The van der Waals surface area contributed by atoms with Gasteiger partial charge in [0.05, 0.1) is 12.6 Å². The predicted molar refractivity (Wildman–Crippen MR) is 63.0 cm³/mol. The lowest BCUT2D eigenvalue weighted by Crippen LogP contribution is -1.93. The zero-order chi connectivity index (χ0) is 11.1. The molecule has 16 heavy (non-hydrogen) atoms. The number of pyridine rings is 1. The number of fused-ring (bicyclic) bond motifs is 3. The fraction of sp³-hybridized carbons (Fsp3) is 0.0833. The van der Waals surface area contributed by atoms with E-state index in [2.05, 4.69) is 9.97 Å². The van der Waals surface area contributed by atoms with Gasteiger partial charge in [-0.3, -0.25) is 4.79 Å². The Kier molecular flexibility index (Phi) is 1.77. The minimum atomic E-state index is 0.00185. The van der Waals surface area contributed by atoms with E-state index in [9.17, 15) is 4.79 Å². The number of aromatic nitrogens is 2. The molecular weight excluding hydrogens is 204 g/mol. The van der Waals surface area contributed by atoms with Crippen LogP contribution >= 0.6 is 0 Å². The standard InChI is InChI=1S/C12H10N2O2/c1-16-12-11-9(4-5-13-12)8-3-2-7(15)6-10(8)14-11/h2-6,13-14H,1H3. The molecule has 0 radical (unpaired) electrons. The smallest absolute Gasteiger partial charge is 0.215 e. The number of H-pyrrole nitrogens is 2. The first-order valence-electron chi connectivity index (χ1n) is 4.97. The van der Waals surface area contributed by atoms with Gasteiger partial charge in [-0.25, -0.2) is 0 Å². The van der Waals surface area contributed by atoms with Gasteiger partial charge in [0.15, 0.2) is 5.43 Å². The van der Waals surface area contributed by atoms with Crippen LogP contribution in [-0.4, -0.2) is 17.1 Å². The van der Waals surface area contributed by atoms with E-state index in [1.807, 2.05) is 18.3 Å². The molecule has 3 aromatic rings. The molecule has 4 heteroatoms. The molecule has 2 aromatic heterocycles. The Labute approximate surface area is 90.9 Å². The zero-order valence-electron chi connectivity index (χ0n) is 8.70. The highest BCUT2D eigenvalue weighted by atomic mass is 16.5. The van der Waals surface area contributed by atoms with Crippen LogP contribution in [0.25, 0.3) is 21.8 Å². The Bertz CT molecular complexity index is 725. The van der Waals surface area contributed by atoms with Gasteiger partial charge in [-0.05, 0) is 18.2 Å². The van der Waals surface area contributed by atoms with Gasteiger partial charge in [0.2, 0.25) is 5.88 Å². The summed E-state index contributed by atoms with van der Waals surface area (Å²) < 4.78 is 5.22. The van der Waals surface area contributed by atoms with Gasteiger partial charge >= 0.3 is 0 Å². The number of rotatable bonds is 1. The minimum Gasteiger partial charge on any atom is -0.481 e. The third kappa shape index (κ3) is 1.13. The van der Waals surface area contributed by atoms with E-state index in [1.165, 1.54) is 0 Å². The molecule has 0 unspecified atom stereocenters. The summed E-state index contributed by atoms with van der Waals surface area (Å²) in [5, 5.41) is 2.08. The summed E-state index contributed by atoms with van der Waals surface area (Å²) in [5.74, 6) is 0.668. The second-order valence-electron chi connectivity index (χ2n) is 3.63. The summed E-state index contributed by atoms with van der Waals surface area (Å²) in [7, 11) is 1.61. The molecule has 1 aromatic carbocycles. The van der Waals surface area contributed by atoms with E-state index in [-0.39, 0.29) is 5.43 Å². The van der Waals surface area contributed by atoms with Crippen LogP contribution in [0.4, 0.5) is 0 Å². The molecule has 2 heterocycles. The maximum Gasteiger partial charge on any atom is 0.215 e. The molecule has 2 N–H and O–H groups in total. The fourth-order valence-corrected chi connectivity index (χ4v) is 1.98. The van der Waals surface area contributed by atoms with Gasteiger partial charge in [-0.2, -0.15) is 0 Å². The molecule has 0 atom stereocenters. The lowest BCUT2D eigenvalue weighted by molar-refractivity contribution is 0.402. The van der Waals surface area contributed by atoms with Crippen LogP contribution in [0.1, 0.15) is 0 Å². The van der Waals surface area contributed by atoms with Crippen LogP contribution in [0.2, 0.25) is 0 Å². The number of hydrogen-bond donors (Lipinski definition) is 2. The summed E-state index contributed by atoms with van der Waals surface area (Å²) in [6.45, 7) is 0. The molecule has 3 rings (SSSR count). The molecule has 0 aliphatic rings. The van der Waals surface area contributed by atoms with Crippen molar-refractivity contribution in [1.82, 2.24) is 9.97 Å². The molecule has 0 bridgehead atoms. The molecule has 0 saturated heterocycles. The first kappa shape index (κ1) is 9.03. The SMILES string of the molecule is COc1[nH]ccc2c1[nH]c1cc(=O)ccc12. The van der Waals surface area contributed by atoms with Gasteiger partial charge in [-0.15, -0.1) is 0 Å². The third-order valence-electron chi connectivity index (χ3n) is 2.71. The largest absolute Gasteiger partial charge is 0.481 e. The minimum absolute atomic E-state index is 0.00185. The van der Waals surface area contributed by atoms with Crippen molar-refractivity contribution in [2.24, 2.45) is 0 Å². The van der Waals surface area contributed by atoms with Crippen molar-refractivity contribution in [1.29, 1.82) is 0 Å². The lowest BCUT2D eigenvalue weighted by atomic mass is 10.2. The van der Waals surface area contributed by atoms with E-state index in [0.717, 1.165) is 21.8 Å². The highest BCUT2D eigenvalue weighted by Gasteiger charge is 2.08. The summed E-state index contributed by atoms with van der Waals surface area (Å²) in [4.78, 5) is 17.4. The molecule has 4 nitrogen and oxygen atoms in total. The number of methoxy groups -OCH3 is 1. The molecule has 0 fully saturated rings. The Hall–Kier alpha value is -2.23. The molecule has 0 amide bonds. The second kappa shape index (κ2) is 3.13. The van der Waals surface area contributed by atoms with Gasteiger partial charge in [0.1, 0.15) is 5.52 Å². The van der Waals surface area contributed by atoms with Crippen molar-refractivity contribution in [2.75, 3.05) is 7.11 Å². The van der Waals surface area contributed by atoms with E-state index in [0.29, 0.717) is 5.88 Å². The normalized spacial score (nSPS) is 11.1. The summed E-state index contributed by atoms with van der Waals surface area (Å²) in [6, 6.07) is 6.95. The predicted octanol–water partition coefficient (Wildman–Crippen LogP) is 2.02. The Morgan fingerprint density at radius 3 is 2.88 bits per heavy atom. The Morgan fingerprint density at radius 1 is 1.19 bits per heavy atom. The van der Waals surface area contributed by atoms with Gasteiger partial charge in [0, 0.05) is 23.0 Å². The van der Waals surface area contributed by atoms with Crippen molar-refractivity contribution in [3.8, 4) is 5.88 Å². The first-order valence-corrected chi connectivity index (χ1v) is 4.97. The maximum atomic E-state index is 11.3. The highest BCUT2D eigenvalue weighted by Crippen LogP contribution is 2.28. The molecule has 0 aliphatic heterocycles. The Morgan fingerprint density at radius 2 is 2.06 bits per heavy atom. The number of ether oxygens (including phenoxy) is 1. The van der Waals surface area contributed by atoms with Crippen molar-refractivity contribution < 1.29 is 4.74 Å². The topological polar surface area (TPSA) is 57.9 Å². The van der Waals surface area contributed by atoms with Crippen LogP contribution < -0.4 is 10.2 Å². The van der Waals surface area contributed by atoms with Gasteiger partial charge < -0.3 is 14.7 Å². The van der Waals surface area contributed by atoms with Crippen molar-refractivity contribution in [2.45, 2.75) is 0 Å². The summed E-state index contributed by atoms with van der Waals surface area (Å²) in [6.07, 6.45) is 1.82. The quantitative estimate of drug-likeness (QED) is 0.651. The third-order valence-corrected chi connectivity index (χ3v) is 2.71. The van der Waals surface area contributed by atoms with Crippen molar-refractivity contribution in [3.05, 3.63) is 40.7 Å². The van der Waals surface area contributed by atoms with Crippen LogP contribution in [-0.2, 0) is 0 Å². The van der Waals surface area contributed by atoms with Crippen LogP contribution in [0.3, 0.4) is 0 Å². The number of benzene rings is 1. The van der Waals surface area contributed by atoms with E-state index >= 15 is 0 Å². The summed E-state index contributed by atoms with van der Waals surface area (Å²) >= 11 is 0. The summed E-state index contributed by atoms with van der Waals surface area (Å²) in [5.41, 5.74) is 1.72. The molecular formula is C12H10N2O2. The zero-order valence-corrected chi connectivity index (χ0v) is 8.70. The second-order valence-corrected chi connectivity index (χ2v) is 3.63. The van der Waals surface area contributed by atoms with Crippen molar-refractivity contribution >= 4 is 21.8 Å². The van der Waals surface area contributed by atoms with Gasteiger partial charge in [0.25, 0.3) is 0 Å². The van der Waals surface area contributed by atoms with E-state index in [1.54, 1.807) is 19.2 Å². The van der Waals surface area contributed by atoms with Crippen molar-refractivity contribution in [3.63, 3.8) is 0 Å².